The van der Waals surface area contributed by atoms with Crippen LogP contribution in [0, 0.1) is 10.1 Å². The number of nitrogens with zero attached hydrogens (tertiary/aromatic N) is 1. The number of fused-ring (bicyclic) bond motifs is 1. The van der Waals surface area contributed by atoms with Crippen LogP contribution in [0.4, 0.5) is 5.69 Å². The minimum absolute atomic E-state index is 0.0315. The Bertz CT molecular complexity index is 964. The molecular weight excluding hydrogens is 390 g/mol. The fourth-order valence-corrected chi connectivity index (χ4v) is 2.62. The van der Waals surface area contributed by atoms with Crippen LogP contribution in [-0.2, 0) is 9.59 Å². The van der Waals surface area contributed by atoms with Gasteiger partial charge in [-0.1, -0.05) is 32.0 Å². The molecule has 2 aliphatic carbocycles. The van der Waals surface area contributed by atoms with E-state index < -0.39 is 34.1 Å². The molecule has 30 heavy (non-hydrogen) atoms. The molecule has 0 amide bonds. The van der Waals surface area contributed by atoms with E-state index in [0.717, 1.165) is 6.92 Å². The van der Waals surface area contributed by atoms with Crippen LogP contribution in [0.2, 0.25) is 0 Å². The largest absolute Gasteiger partial charge is 0.422 e. The van der Waals surface area contributed by atoms with Crippen LogP contribution in [0.5, 0.6) is 11.5 Å². The van der Waals surface area contributed by atoms with E-state index in [1.165, 1.54) is 23.3 Å². The van der Waals surface area contributed by atoms with Gasteiger partial charge >= 0.3 is 17.6 Å². The SMILES string of the molecule is CCCC(=O)Oc1ccc(C(C)=O)c([N+](=O)[O-])c1OC(=O)CCC.c1cc2cc-2c1. The Kier molecular flexibility index (Phi) is 7.80. The fourth-order valence-electron chi connectivity index (χ4n) is 2.62. The Morgan fingerprint density at radius 3 is 1.90 bits per heavy atom. The summed E-state index contributed by atoms with van der Waals surface area (Å²) in [5, 5.41) is 11.4. The van der Waals surface area contributed by atoms with Crippen molar-refractivity contribution in [2.45, 2.75) is 46.5 Å². The molecule has 1 aromatic carbocycles. The van der Waals surface area contributed by atoms with Gasteiger partial charge in [-0.25, -0.2) is 0 Å². The molecule has 0 N–H and O–H groups in total. The van der Waals surface area contributed by atoms with E-state index in [1.807, 2.05) is 0 Å². The summed E-state index contributed by atoms with van der Waals surface area (Å²) in [6.45, 7) is 4.66. The lowest BCUT2D eigenvalue weighted by Gasteiger charge is -2.12. The van der Waals surface area contributed by atoms with Crippen LogP contribution in [-0.4, -0.2) is 22.6 Å². The number of Topliss-reactive ketones (excluding diaryl/α,β-unsaturated/α-hetero) is 1. The molecule has 0 saturated heterocycles. The summed E-state index contributed by atoms with van der Waals surface area (Å²) >= 11 is 0. The summed E-state index contributed by atoms with van der Waals surface area (Å²) in [7, 11) is 0. The average molecular weight is 413 g/mol. The summed E-state index contributed by atoms with van der Waals surface area (Å²) < 4.78 is 10.1. The predicted octanol–water partition coefficient (Wildman–Crippen LogP) is 4.88. The minimum Gasteiger partial charge on any atom is -0.422 e. The van der Waals surface area contributed by atoms with E-state index in [-0.39, 0.29) is 24.2 Å². The van der Waals surface area contributed by atoms with Gasteiger partial charge < -0.3 is 9.47 Å². The van der Waals surface area contributed by atoms with Gasteiger partial charge in [0.15, 0.2) is 11.5 Å². The molecule has 0 radical (unpaired) electrons. The van der Waals surface area contributed by atoms with Gasteiger partial charge in [0.05, 0.1) is 10.5 Å². The Morgan fingerprint density at radius 2 is 1.50 bits per heavy atom. The monoisotopic (exact) mass is 413 g/mol. The Hall–Kier alpha value is -3.55. The highest BCUT2D eigenvalue weighted by Gasteiger charge is 2.30. The number of nitro groups is 1. The third kappa shape index (κ3) is 5.97. The summed E-state index contributed by atoms with van der Waals surface area (Å²) in [6.07, 6.45) is 1.13. The predicted molar refractivity (Wildman–Crippen MR) is 110 cm³/mol. The first-order valence-electron chi connectivity index (χ1n) is 9.62. The van der Waals surface area contributed by atoms with Crippen LogP contribution < -0.4 is 9.47 Å². The highest BCUT2D eigenvalue weighted by Crippen LogP contribution is 2.40. The van der Waals surface area contributed by atoms with Gasteiger partial charge in [-0.3, -0.25) is 24.5 Å². The second-order valence-corrected chi connectivity index (χ2v) is 6.63. The van der Waals surface area contributed by atoms with Gasteiger partial charge in [-0.05, 0) is 49.1 Å². The molecule has 0 atom stereocenters. The lowest BCUT2D eigenvalue weighted by molar-refractivity contribution is -0.386. The molecule has 2 aliphatic rings. The maximum absolute atomic E-state index is 11.8. The van der Waals surface area contributed by atoms with Gasteiger partial charge in [0.1, 0.15) is 0 Å². The number of ether oxygens (including phenoxy) is 2. The molecule has 8 heteroatoms. The van der Waals surface area contributed by atoms with Crippen LogP contribution in [0.1, 0.15) is 56.8 Å². The normalized spacial score (nSPS) is 10.4. The number of nitro benzene ring substituents is 1. The van der Waals surface area contributed by atoms with Gasteiger partial charge in [-0.2, -0.15) is 0 Å². The topological polar surface area (TPSA) is 113 Å². The number of hydrogen-bond acceptors (Lipinski definition) is 7. The third-order valence-electron chi connectivity index (χ3n) is 4.12. The van der Waals surface area contributed by atoms with Crippen LogP contribution in [0.3, 0.4) is 0 Å². The second-order valence-electron chi connectivity index (χ2n) is 6.63. The van der Waals surface area contributed by atoms with Crippen molar-refractivity contribution in [3.8, 4) is 22.6 Å². The summed E-state index contributed by atoms with van der Waals surface area (Å²) in [4.78, 5) is 45.6. The zero-order valence-corrected chi connectivity index (χ0v) is 17.1. The van der Waals surface area contributed by atoms with Gasteiger partial charge in [0.2, 0.25) is 0 Å². The summed E-state index contributed by atoms with van der Waals surface area (Å²) in [6, 6.07) is 10.9. The number of carbonyl (C=O) groups excluding carboxylic acids is 3. The number of hydrogen-bond donors (Lipinski definition) is 0. The molecular formula is C22H23NO7. The Morgan fingerprint density at radius 1 is 0.933 bits per heavy atom. The molecule has 1 aromatic rings. The summed E-state index contributed by atoms with van der Waals surface area (Å²) in [5.74, 6) is -2.67. The summed E-state index contributed by atoms with van der Waals surface area (Å²) in [5.41, 5.74) is 1.94. The molecule has 0 fully saturated rings. The molecule has 3 rings (SSSR count). The number of ketones is 1. The maximum Gasteiger partial charge on any atom is 0.326 e. The number of esters is 2. The third-order valence-corrected chi connectivity index (χ3v) is 4.12. The van der Waals surface area contributed by atoms with E-state index in [0.29, 0.717) is 12.8 Å². The van der Waals surface area contributed by atoms with Crippen molar-refractivity contribution in [3.63, 3.8) is 0 Å². The van der Waals surface area contributed by atoms with Crippen LogP contribution >= 0.6 is 0 Å². The van der Waals surface area contributed by atoms with E-state index in [4.69, 9.17) is 9.47 Å². The van der Waals surface area contributed by atoms with E-state index in [2.05, 4.69) is 24.3 Å². The highest BCUT2D eigenvalue weighted by molar-refractivity contribution is 6.00. The first kappa shape index (κ1) is 22.7. The molecule has 0 bridgehead atoms. The highest BCUT2D eigenvalue weighted by atomic mass is 16.6. The molecule has 0 spiro atoms. The lowest BCUT2D eigenvalue weighted by Crippen LogP contribution is -2.14. The van der Waals surface area contributed by atoms with Gasteiger partial charge in [0, 0.05) is 12.8 Å². The Balaban J connectivity index is 0.000000443. The lowest BCUT2D eigenvalue weighted by atomic mass is 10.1. The molecule has 0 aromatic heterocycles. The second kappa shape index (κ2) is 10.3. The van der Waals surface area contributed by atoms with Gasteiger partial charge in [-0.15, -0.1) is 0 Å². The smallest absolute Gasteiger partial charge is 0.326 e. The van der Waals surface area contributed by atoms with Crippen molar-refractivity contribution in [2.24, 2.45) is 0 Å². The maximum atomic E-state index is 11.8. The Labute approximate surface area is 174 Å². The van der Waals surface area contributed by atoms with Crippen molar-refractivity contribution in [2.75, 3.05) is 0 Å². The molecule has 0 saturated carbocycles. The first-order chi connectivity index (χ1) is 14.3. The number of rotatable bonds is 8. The van der Waals surface area contributed by atoms with E-state index >= 15 is 0 Å². The fraction of sp³-hybridized carbons (Fsp3) is 0.318. The average Bonchev–Trinajstić information content (AvgIpc) is 3.28. The van der Waals surface area contributed by atoms with Crippen molar-refractivity contribution in [3.05, 3.63) is 52.1 Å². The van der Waals surface area contributed by atoms with Crippen LogP contribution in [0.15, 0.2) is 36.4 Å². The van der Waals surface area contributed by atoms with Crippen molar-refractivity contribution in [1.82, 2.24) is 0 Å². The molecule has 0 heterocycles. The quantitative estimate of drug-likeness (QED) is 0.170. The van der Waals surface area contributed by atoms with E-state index in [1.54, 1.807) is 13.8 Å². The minimum atomic E-state index is -0.831. The molecule has 0 aliphatic heterocycles. The molecule has 0 unspecified atom stereocenters. The van der Waals surface area contributed by atoms with Crippen LogP contribution in [0.25, 0.3) is 11.1 Å². The zero-order valence-electron chi connectivity index (χ0n) is 17.1. The van der Waals surface area contributed by atoms with Crippen molar-refractivity contribution >= 4 is 23.4 Å². The number of carbonyl (C=O) groups is 3. The standard InChI is InChI=1S/C16H19NO7.C6H4/c1-4-6-13(19)23-12-9-8-11(10(3)18)15(17(21)22)16(12)24-14(20)7-5-2;1-2-5-4-6(5)3-1/h8-9H,4-7H2,1-3H3;1-4H. The number of benzene rings is 2. The van der Waals surface area contributed by atoms with Crippen molar-refractivity contribution in [1.29, 1.82) is 0 Å². The van der Waals surface area contributed by atoms with E-state index in [9.17, 15) is 24.5 Å². The molecule has 158 valence electrons. The van der Waals surface area contributed by atoms with Gasteiger partial charge in [0.25, 0.3) is 5.75 Å². The molecule has 8 nitrogen and oxygen atoms in total. The first-order valence-corrected chi connectivity index (χ1v) is 9.62. The zero-order chi connectivity index (χ0) is 22.3. The van der Waals surface area contributed by atoms with Crippen molar-refractivity contribution < 1.29 is 28.8 Å².